The van der Waals surface area contributed by atoms with Gasteiger partial charge >= 0.3 is 0 Å². The number of nitrogens with zero attached hydrogens (tertiary/aromatic N) is 3. The summed E-state index contributed by atoms with van der Waals surface area (Å²) in [6.07, 6.45) is 6.54. The lowest BCUT2D eigenvalue weighted by atomic mass is 9.96. The molecule has 144 valence electrons. The normalized spacial score (nSPS) is 22.4. The molecule has 1 saturated carbocycles. The smallest absolute Gasteiger partial charge is 0.224 e. The number of carbonyl (C=O) groups excluding carboxylic acids is 2. The van der Waals surface area contributed by atoms with E-state index in [1.165, 1.54) is 0 Å². The number of likely N-dealkylation sites (tertiary alicyclic amines) is 1. The first-order valence-corrected chi connectivity index (χ1v) is 10.1. The quantitative estimate of drug-likeness (QED) is 0.769. The molecule has 2 atom stereocenters. The maximum Gasteiger partial charge on any atom is 0.224 e. The third kappa shape index (κ3) is 4.34. The van der Waals surface area contributed by atoms with E-state index in [1.54, 1.807) is 0 Å². The Kier molecular flexibility index (Phi) is 6.11. The summed E-state index contributed by atoms with van der Waals surface area (Å²) in [4.78, 5) is 26.8. The number of H-pyrrole nitrogens is 1. The number of hydrogen-bond acceptors (Lipinski definition) is 4. The molecule has 8 heteroatoms. The summed E-state index contributed by atoms with van der Waals surface area (Å²) < 4.78 is 2.49. The predicted molar refractivity (Wildman–Crippen MR) is 101 cm³/mol. The number of aromatic nitrogens is 3. The molecule has 1 saturated heterocycles. The van der Waals surface area contributed by atoms with Crippen LogP contribution in [0, 0.1) is 10.7 Å². The minimum Gasteiger partial charge on any atom is -0.353 e. The molecular weight excluding hydrogens is 350 g/mol. The molecule has 2 unspecified atom stereocenters. The topological polar surface area (TPSA) is 83.0 Å². The fourth-order valence-electron chi connectivity index (χ4n) is 4.13. The van der Waals surface area contributed by atoms with Gasteiger partial charge in [-0.3, -0.25) is 14.7 Å². The molecule has 1 aliphatic heterocycles. The van der Waals surface area contributed by atoms with Gasteiger partial charge in [0.1, 0.15) is 5.82 Å². The van der Waals surface area contributed by atoms with Crippen LogP contribution in [-0.2, 0) is 16.6 Å². The third-order valence-electron chi connectivity index (χ3n) is 5.65. The first kappa shape index (κ1) is 19.1. The van der Waals surface area contributed by atoms with Gasteiger partial charge in [0.05, 0.1) is 0 Å². The van der Waals surface area contributed by atoms with Gasteiger partial charge in [0.15, 0.2) is 4.77 Å². The second-order valence-corrected chi connectivity index (χ2v) is 8.11. The zero-order valence-corrected chi connectivity index (χ0v) is 16.5. The van der Waals surface area contributed by atoms with Gasteiger partial charge in [-0.1, -0.05) is 12.8 Å². The third-order valence-corrected chi connectivity index (χ3v) is 6.01. The van der Waals surface area contributed by atoms with E-state index in [9.17, 15) is 9.59 Å². The van der Waals surface area contributed by atoms with Gasteiger partial charge in [0.25, 0.3) is 0 Å². The van der Waals surface area contributed by atoms with E-state index in [-0.39, 0.29) is 29.7 Å². The van der Waals surface area contributed by atoms with Crippen molar-refractivity contribution in [2.75, 3.05) is 13.1 Å². The molecule has 0 spiro atoms. The van der Waals surface area contributed by atoms with Gasteiger partial charge in [-0.25, -0.2) is 0 Å². The monoisotopic (exact) mass is 379 g/mol. The van der Waals surface area contributed by atoms with Gasteiger partial charge in [-0.2, -0.15) is 5.10 Å². The van der Waals surface area contributed by atoms with Crippen molar-refractivity contribution in [2.45, 2.75) is 63.8 Å². The van der Waals surface area contributed by atoms with Crippen molar-refractivity contribution in [1.29, 1.82) is 0 Å². The van der Waals surface area contributed by atoms with Crippen LogP contribution in [0.4, 0.5) is 0 Å². The molecule has 1 aromatic rings. The first-order chi connectivity index (χ1) is 12.5. The predicted octanol–water partition coefficient (Wildman–Crippen LogP) is 2.27. The summed E-state index contributed by atoms with van der Waals surface area (Å²) in [5.41, 5.74) is 0. The molecule has 1 aliphatic carbocycles. The number of rotatable bonds is 5. The van der Waals surface area contributed by atoms with Crippen LogP contribution in [0.3, 0.4) is 0 Å². The lowest BCUT2D eigenvalue weighted by molar-refractivity contribution is -0.133. The summed E-state index contributed by atoms with van der Waals surface area (Å²) in [6, 6.07) is -0.128. The Balaban J connectivity index is 1.53. The summed E-state index contributed by atoms with van der Waals surface area (Å²) in [6.45, 7) is 3.35. The van der Waals surface area contributed by atoms with E-state index in [2.05, 4.69) is 15.5 Å². The Bertz CT molecular complexity index is 707. The largest absolute Gasteiger partial charge is 0.353 e. The average molecular weight is 380 g/mol. The minimum absolute atomic E-state index is 0.103. The lowest BCUT2D eigenvalue weighted by Crippen LogP contribution is -2.44. The fourth-order valence-corrected chi connectivity index (χ4v) is 4.27. The average Bonchev–Trinajstić information content (AvgIpc) is 3.26. The second kappa shape index (κ2) is 8.33. The molecule has 3 rings (SSSR count). The Hall–Kier alpha value is -1.70. The fraction of sp³-hybridized carbons (Fsp3) is 0.778. The lowest BCUT2D eigenvalue weighted by Gasteiger charge is -2.33. The Morgan fingerprint density at radius 2 is 2.04 bits per heavy atom. The van der Waals surface area contributed by atoms with E-state index >= 15 is 0 Å². The maximum atomic E-state index is 12.7. The van der Waals surface area contributed by atoms with E-state index in [4.69, 9.17) is 12.2 Å². The first-order valence-electron chi connectivity index (χ1n) is 9.65. The van der Waals surface area contributed by atoms with Gasteiger partial charge in [-0.05, 0) is 44.8 Å². The zero-order valence-electron chi connectivity index (χ0n) is 15.7. The van der Waals surface area contributed by atoms with Crippen LogP contribution < -0.4 is 5.32 Å². The molecule has 26 heavy (non-hydrogen) atoms. The van der Waals surface area contributed by atoms with E-state index < -0.39 is 0 Å². The maximum absolute atomic E-state index is 12.7. The molecule has 7 nitrogen and oxygen atoms in total. The Morgan fingerprint density at radius 3 is 2.69 bits per heavy atom. The Labute approximate surface area is 159 Å². The van der Waals surface area contributed by atoms with Crippen molar-refractivity contribution in [2.24, 2.45) is 13.0 Å². The standard InChI is InChI=1S/C18H29N5O2S/c1-12(19-17(25)13-6-3-4-7-13)10-15(24)23-9-5-8-14(11-23)16-20-21-18(26)22(16)2/h12-14H,3-11H2,1-2H3,(H,19,25)(H,21,26). The van der Waals surface area contributed by atoms with Gasteiger partial charge in [0, 0.05) is 44.4 Å². The Morgan fingerprint density at radius 1 is 1.31 bits per heavy atom. The van der Waals surface area contributed by atoms with Crippen LogP contribution in [0.5, 0.6) is 0 Å². The number of piperidine rings is 1. The molecular formula is C18H29N5O2S. The zero-order chi connectivity index (χ0) is 18.7. The van der Waals surface area contributed by atoms with Crippen LogP contribution in [0.2, 0.25) is 0 Å². The van der Waals surface area contributed by atoms with Crippen molar-refractivity contribution < 1.29 is 9.59 Å². The highest BCUT2D eigenvalue weighted by Gasteiger charge is 2.29. The summed E-state index contributed by atoms with van der Waals surface area (Å²) in [5, 5.41) is 10.2. The van der Waals surface area contributed by atoms with Gasteiger partial charge < -0.3 is 14.8 Å². The van der Waals surface area contributed by atoms with E-state index in [0.29, 0.717) is 17.7 Å². The molecule has 1 aromatic heterocycles. The van der Waals surface area contributed by atoms with Crippen molar-refractivity contribution in [1.82, 2.24) is 25.0 Å². The summed E-state index contributed by atoms with van der Waals surface area (Å²) in [5.74, 6) is 1.47. The van der Waals surface area contributed by atoms with Crippen LogP contribution in [0.1, 0.15) is 63.6 Å². The number of aromatic amines is 1. The van der Waals surface area contributed by atoms with Crippen molar-refractivity contribution in [3.05, 3.63) is 10.6 Å². The molecule has 2 heterocycles. The number of amides is 2. The number of nitrogens with one attached hydrogen (secondary N) is 2. The van der Waals surface area contributed by atoms with Gasteiger partial charge in [-0.15, -0.1) is 0 Å². The molecule has 2 N–H and O–H groups in total. The van der Waals surface area contributed by atoms with Crippen LogP contribution in [-0.4, -0.2) is 50.6 Å². The highest BCUT2D eigenvalue weighted by molar-refractivity contribution is 7.71. The van der Waals surface area contributed by atoms with Gasteiger partial charge in [0.2, 0.25) is 11.8 Å². The van der Waals surface area contributed by atoms with Crippen LogP contribution >= 0.6 is 12.2 Å². The highest BCUT2D eigenvalue weighted by Crippen LogP contribution is 2.26. The summed E-state index contributed by atoms with van der Waals surface area (Å²) in [7, 11) is 1.91. The number of carbonyl (C=O) groups is 2. The minimum atomic E-state index is -0.128. The molecule has 0 aromatic carbocycles. The molecule has 2 aliphatic rings. The highest BCUT2D eigenvalue weighted by atomic mass is 32.1. The van der Waals surface area contributed by atoms with Crippen molar-refractivity contribution in [3.8, 4) is 0 Å². The molecule has 2 fully saturated rings. The van der Waals surface area contributed by atoms with Crippen molar-refractivity contribution >= 4 is 24.0 Å². The van der Waals surface area contributed by atoms with Crippen LogP contribution in [0.25, 0.3) is 0 Å². The van der Waals surface area contributed by atoms with E-state index in [0.717, 1.165) is 50.9 Å². The van der Waals surface area contributed by atoms with E-state index in [1.807, 2.05) is 23.4 Å². The summed E-state index contributed by atoms with van der Waals surface area (Å²) >= 11 is 5.19. The molecule has 0 bridgehead atoms. The van der Waals surface area contributed by atoms with Crippen molar-refractivity contribution in [3.63, 3.8) is 0 Å². The molecule has 2 amide bonds. The SMILES string of the molecule is CC(CC(=O)N1CCCC(c2n[nH]c(=S)n2C)C1)NC(=O)C1CCCC1. The van der Waals surface area contributed by atoms with Crippen LogP contribution in [0.15, 0.2) is 0 Å². The second-order valence-electron chi connectivity index (χ2n) is 7.72. The number of hydrogen-bond donors (Lipinski definition) is 2. The molecule has 0 radical (unpaired) electrons.